The van der Waals surface area contributed by atoms with Crippen molar-refractivity contribution in [1.82, 2.24) is 14.8 Å². The molecule has 0 unspecified atom stereocenters. The van der Waals surface area contributed by atoms with E-state index in [1.165, 1.54) is 6.07 Å². The summed E-state index contributed by atoms with van der Waals surface area (Å²) in [6, 6.07) is 12.2. The number of rotatable bonds is 3. The smallest absolute Gasteiger partial charge is 0.813 e. The van der Waals surface area contributed by atoms with Gasteiger partial charge in [0, 0.05) is 29.2 Å². The molecule has 1 aromatic heterocycles. The minimum atomic E-state index is -0.406. The predicted octanol–water partition coefficient (Wildman–Crippen LogP) is 4.21. The molecule has 6 nitrogen and oxygen atoms in total. The summed E-state index contributed by atoms with van der Waals surface area (Å²) in [5, 5.41) is 18.0. The number of nitrogens with one attached hydrogen (secondary N) is 1. The number of H-pyrrole nitrogens is 1. The topological polar surface area (TPSA) is 76.8 Å². The van der Waals surface area contributed by atoms with Crippen LogP contribution >= 0.6 is 28.1 Å². The van der Waals surface area contributed by atoms with E-state index >= 15 is 0 Å². The number of benzene rings is 2. The van der Waals surface area contributed by atoms with Crippen LogP contribution in [-0.4, -0.2) is 19.7 Å². The summed E-state index contributed by atoms with van der Waals surface area (Å²) in [5.74, 6) is 0.670. The Bertz CT molecular complexity index is 974. The van der Waals surface area contributed by atoms with Gasteiger partial charge in [0.2, 0.25) is 0 Å². The number of aromatic amines is 1. The SMILES string of the molecule is Cn1c(-c2ccc(Br)cc2-c2cccc([N+](=O)[O-])c2)n[nH]c1=S.[Ag+].[SH-]. The largest absolute Gasteiger partial charge is 1.00 e. The van der Waals surface area contributed by atoms with Crippen LogP contribution in [0.25, 0.3) is 22.5 Å². The Hall–Kier alpha value is -1.23. The number of nitro benzene ring substituents is 1. The summed E-state index contributed by atoms with van der Waals surface area (Å²) in [6.45, 7) is 0. The fraction of sp³-hybridized carbons (Fsp3) is 0.0667. The molecule has 0 saturated carbocycles. The summed E-state index contributed by atoms with van der Waals surface area (Å²) in [6.07, 6.45) is 0. The number of thiol groups is 1. The van der Waals surface area contributed by atoms with E-state index in [1.54, 1.807) is 16.7 Å². The van der Waals surface area contributed by atoms with Crippen molar-refractivity contribution in [2.75, 3.05) is 0 Å². The standard InChI is InChI=1S/C15H11BrN4O2S.Ag.H2S/c1-19-14(17-18-15(19)23)12-6-5-10(16)8-13(12)9-3-2-4-11(7-9)20(21)22;;/h2-8H,1H3,(H,18,23);;1H2/q;+1;/p-1. The average Bonchev–Trinajstić information content (AvgIpc) is 2.87. The zero-order valence-electron chi connectivity index (χ0n) is 12.7. The number of hydrogen-bond donors (Lipinski definition) is 1. The minimum absolute atomic E-state index is 0. The molecule has 0 radical (unpaired) electrons. The van der Waals surface area contributed by atoms with E-state index in [2.05, 4.69) is 26.1 Å². The molecule has 0 atom stereocenters. The number of hydrogen-bond acceptors (Lipinski definition) is 5. The fourth-order valence-corrected chi connectivity index (χ4v) is 2.82. The number of halogens is 1. The molecule has 0 saturated heterocycles. The van der Waals surface area contributed by atoms with Gasteiger partial charge in [-0.3, -0.25) is 15.2 Å². The van der Waals surface area contributed by atoms with Crippen LogP contribution in [0.15, 0.2) is 46.9 Å². The van der Waals surface area contributed by atoms with Gasteiger partial charge in [-0.05, 0) is 41.5 Å². The molecular formula is C15H12AgBrN4O2S2. The van der Waals surface area contributed by atoms with Crippen LogP contribution in [0.5, 0.6) is 0 Å². The minimum Gasteiger partial charge on any atom is -0.813 e. The third kappa shape index (κ3) is 4.49. The van der Waals surface area contributed by atoms with Gasteiger partial charge in [0.1, 0.15) is 0 Å². The van der Waals surface area contributed by atoms with Crippen LogP contribution in [-0.2, 0) is 42.9 Å². The van der Waals surface area contributed by atoms with Gasteiger partial charge in [0.05, 0.1) is 4.92 Å². The fourth-order valence-electron chi connectivity index (χ4n) is 2.33. The van der Waals surface area contributed by atoms with Crippen molar-refractivity contribution in [3.63, 3.8) is 0 Å². The van der Waals surface area contributed by atoms with Gasteiger partial charge in [0.25, 0.3) is 5.69 Å². The van der Waals surface area contributed by atoms with Crippen molar-refractivity contribution in [3.05, 3.63) is 61.8 Å². The van der Waals surface area contributed by atoms with Gasteiger partial charge >= 0.3 is 22.4 Å². The van der Waals surface area contributed by atoms with E-state index in [0.717, 1.165) is 21.2 Å². The maximum absolute atomic E-state index is 11.0. The van der Waals surface area contributed by atoms with E-state index in [1.807, 2.05) is 31.3 Å². The Kier molecular flexibility index (Phi) is 7.79. The van der Waals surface area contributed by atoms with Crippen molar-refractivity contribution >= 4 is 47.3 Å². The van der Waals surface area contributed by atoms with E-state index in [0.29, 0.717) is 10.6 Å². The maximum Gasteiger partial charge on any atom is 1.00 e. The van der Waals surface area contributed by atoms with E-state index in [4.69, 9.17) is 12.2 Å². The van der Waals surface area contributed by atoms with E-state index < -0.39 is 4.92 Å². The van der Waals surface area contributed by atoms with Gasteiger partial charge < -0.3 is 18.1 Å². The number of nitro groups is 1. The van der Waals surface area contributed by atoms with Crippen molar-refractivity contribution in [2.24, 2.45) is 7.05 Å². The number of non-ortho nitro benzene ring substituents is 1. The van der Waals surface area contributed by atoms with Gasteiger partial charge in [-0.25, -0.2) is 0 Å². The molecule has 0 amide bonds. The van der Waals surface area contributed by atoms with Gasteiger partial charge in [-0.15, -0.1) is 0 Å². The van der Waals surface area contributed by atoms with Crippen LogP contribution in [0.4, 0.5) is 5.69 Å². The van der Waals surface area contributed by atoms with Gasteiger partial charge in [0.15, 0.2) is 10.6 Å². The summed E-state index contributed by atoms with van der Waals surface area (Å²) in [4.78, 5) is 10.6. The van der Waals surface area contributed by atoms with Crippen molar-refractivity contribution in [1.29, 1.82) is 0 Å². The Balaban J connectivity index is 0.00000156. The van der Waals surface area contributed by atoms with Crippen LogP contribution in [0, 0.1) is 14.9 Å². The Labute approximate surface area is 179 Å². The van der Waals surface area contributed by atoms with E-state index in [-0.39, 0.29) is 41.6 Å². The molecule has 0 aliphatic heterocycles. The molecule has 3 rings (SSSR count). The van der Waals surface area contributed by atoms with Crippen LogP contribution < -0.4 is 0 Å². The quantitative estimate of drug-likeness (QED) is 0.137. The molecule has 25 heavy (non-hydrogen) atoms. The Morgan fingerprint density at radius 1 is 1.24 bits per heavy atom. The first-order chi connectivity index (χ1) is 11.0. The molecule has 2 aromatic carbocycles. The first-order valence-electron chi connectivity index (χ1n) is 6.63. The molecule has 1 N–H and O–H groups in total. The van der Waals surface area contributed by atoms with Crippen LogP contribution in [0.3, 0.4) is 0 Å². The number of aromatic nitrogens is 3. The molecule has 134 valence electrons. The summed E-state index contributed by atoms with van der Waals surface area (Å²) in [5.41, 5.74) is 2.46. The second-order valence-electron chi connectivity index (χ2n) is 4.91. The van der Waals surface area contributed by atoms with Gasteiger partial charge in [-0.2, -0.15) is 5.10 Å². The molecule has 10 heteroatoms. The second-order valence-corrected chi connectivity index (χ2v) is 6.21. The first-order valence-corrected chi connectivity index (χ1v) is 7.83. The summed E-state index contributed by atoms with van der Waals surface area (Å²) in [7, 11) is 1.82. The molecule has 3 aromatic rings. The third-order valence-electron chi connectivity index (χ3n) is 3.47. The Morgan fingerprint density at radius 3 is 2.56 bits per heavy atom. The molecule has 1 heterocycles. The summed E-state index contributed by atoms with van der Waals surface area (Å²) >= 11 is 8.61. The van der Waals surface area contributed by atoms with Gasteiger partial charge in [-0.1, -0.05) is 28.1 Å². The average molecular weight is 532 g/mol. The van der Waals surface area contributed by atoms with Crippen molar-refractivity contribution in [3.8, 4) is 22.5 Å². The normalized spacial score (nSPS) is 9.84. The molecule has 0 bridgehead atoms. The van der Waals surface area contributed by atoms with Crippen LogP contribution in [0.1, 0.15) is 0 Å². The van der Waals surface area contributed by atoms with Crippen molar-refractivity contribution in [2.45, 2.75) is 0 Å². The zero-order chi connectivity index (χ0) is 16.6. The molecule has 0 spiro atoms. The molecular weight excluding hydrogens is 520 g/mol. The van der Waals surface area contributed by atoms with Crippen molar-refractivity contribution < 1.29 is 27.3 Å². The molecule has 0 aliphatic carbocycles. The first kappa shape index (κ1) is 21.8. The van der Waals surface area contributed by atoms with Crippen LogP contribution in [0.2, 0.25) is 0 Å². The zero-order valence-corrected chi connectivity index (χ0v) is 17.5. The van der Waals surface area contributed by atoms with E-state index in [9.17, 15) is 10.1 Å². The molecule has 0 aliphatic rings. The summed E-state index contributed by atoms with van der Waals surface area (Å²) < 4.78 is 3.15. The predicted molar refractivity (Wildman–Crippen MR) is 102 cm³/mol. The second kappa shape index (κ2) is 8.93. The third-order valence-corrected chi connectivity index (χ3v) is 4.33. The molecule has 0 fully saturated rings. The Morgan fingerprint density at radius 2 is 1.96 bits per heavy atom. The number of nitrogens with zero attached hydrogens (tertiary/aromatic N) is 3. The monoisotopic (exact) mass is 530 g/mol. The maximum atomic E-state index is 11.0.